The van der Waals surface area contributed by atoms with Crippen LogP contribution in [0.5, 0.6) is 0 Å². The van der Waals surface area contributed by atoms with Crippen LogP contribution in [0.2, 0.25) is 0 Å². The van der Waals surface area contributed by atoms with E-state index in [0.717, 1.165) is 12.0 Å². The summed E-state index contributed by atoms with van der Waals surface area (Å²) >= 11 is 0. The largest absolute Gasteiger partial charge is 0.465 e. The second-order valence-electron chi connectivity index (χ2n) is 5.54. The summed E-state index contributed by atoms with van der Waals surface area (Å²) in [4.78, 5) is 11.4. The van der Waals surface area contributed by atoms with Crippen molar-refractivity contribution in [3.63, 3.8) is 0 Å². The zero-order valence-corrected chi connectivity index (χ0v) is 13.5. The molecule has 0 saturated heterocycles. The lowest BCUT2D eigenvalue weighted by Gasteiger charge is -2.06. The van der Waals surface area contributed by atoms with E-state index in [2.05, 4.69) is 30.4 Å². The van der Waals surface area contributed by atoms with Crippen molar-refractivity contribution in [3.8, 4) is 0 Å². The standard InChI is InChI=1S/C19H28O2/c1-4-5-6-7-8-9-10-11-17-12-14-18(15-13-17)16(2)19(20)21-3/h12-15H,2,4-11H2,1,3H3. The molecule has 0 aliphatic carbocycles. The molecule has 0 aliphatic heterocycles. The highest BCUT2D eigenvalue weighted by atomic mass is 16.5. The van der Waals surface area contributed by atoms with Gasteiger partial charge in [-0.1, -0.05) is 76.3 Å². The van der Waals surface area contributed by atoms with Crippen LogP contribution in [0.1, 0.15) is 63.0 Å². The third-order valence-corrected chi connectivity index (χ3v) is 3.80. The molecule has 1 aromatic rings. The molecule has 0 atom stereocenters. The van der Waals surface area contributed by atoms with Gasteiger partial charge in [0.1, 0.15) is 0 Å². The average Bonchev–Trinajstić information content (AvgIpc) is 2.53. The summed E-state index contributed by atoms with van der Waals surface area (Å²) in [6.45, 7) is 6.01. The molecule has 0 N–H and O–H groups in total. The Morgan fingerprint density at radius 3 is 2.14 bits per heavy atom. The van der Waals surface area contributed by atoms with Crippen LogP contribution in [0.15, 0.2) is 30.8 Å². The number of benzene rings is 1. The molecule has 21 heavy (non-hydrogen) atoms. The van der Waals surface area contributed by atoms with E-state index in [9.17, 15) is 4.79 Å². The number of unbranched alkanes of at least 4 members (excludes halogenated alkanes) is 6. The summed E-state index contributed by atoms with van der Waals surface area (Å²) in [5, 5.41) is 0. The molecule has 0 bridgehead atoms. The van der Waals surface area contributed by atoms with E-state index < -0.39 is 0 Å². The zero-order chi connectivity index (χ0) is 15.5. The number of carbonyl (C=O) groups is 1. The molecule has 0 amide bonds. The van der Waals surface area contributed by atoms with E-state index >= 15 is 0 Å². The van der Waals surface area contributed by atoms with E-state index in [4.69, 9.17) is 0 Å². The van der Waals surface area contributed by atoms with Crippen LogP contribution in [0.25, 0.3) is 5.57 Å². The van der Waals surface area contributed by atoms with Gasteiger partial charge < -0.3 is 4.74 Å². The van der Waals surface area contributed by atoms with E-state index in [-0.39, 0.29) is 5.97 Å². The van der Waals surface area contributed by atoms with E-state index in [0.29, 0.717) is 5.57 Å². The van der Waals surface area contributed by atoms with Crippen LogP contribution >= 0.6 is 0 Å². The van der Waals surface area contributed by atoms with Crippen molar-refractivity contribution in [1.82, 2.24) is 0 Å². The van der Waals surface area contributed by atoms with Gasteiger partial charge in [0.2, 0.25) is 0 Å². The minimum Gasteiger partial charge on any atom is -0.465 e. The van der Waals surface area contributed by atoms with Gasteiger partial charge in [0, 0.05) is 0 Å². The van der Waals surface area contributed by atoms with Crippen molar-refractivity contribution in [2.75, 3.05) is 7.11 Å². The molecule has 2 nitrogen and oxygen atoms in total. The SMILES string of the molecule is C=C(C(=O)OC)c1ccc(CCCCCCCCC)cc1. The van der Waals surface area contributed by atoms with Crippen LogP contribution in [0.4, 0.5) is 0 Å². The highest BCUT2D eigenvalue weighted by Gasteiger charge is 2.08. The number of methoxy groups -OCH3 is 1. The van der Waals surface area contributed by atoms with Gasteiger partial charge in [-0.25, -0.2) is 4.79 Å². The second-order valence-corrected chi connectivity index (χ2v) is 5.54. The molecule has 0 spiro atoms. The lowest BCUT2D eigenvalue weighted by atomic mass is 10.0. The van der Waals surface area contributed by atoms with Crippen molar-refractivity contribution in [2.45, 2.75) is 58.3 Å². The van der Waals surface area contributed by atoms with Crippen molar-refractivity contribution in [1.29, 1.82) is 0 Å². The highest BCUT2D eigenvalue weighted by molar-refractivity contribution is 6.15. The van der Waals surface area contributed by atoms with E-state index in [1.807, 2.05) is 12.1 Å². The Kier molecular flexibility index (Phi) is 8.49. The predicted molar refractivity (Wildman–Crippen MR) is 89.2 cm³/mol. The molecule has 0 heterocycles. The quantitative estimate of drug-likeness (QED) is 0.337. The molecular formula is C19H28O2. The smallest absolute Gasteiger partial charge is 0.337 e. The summed E-state index contributed by atoms with van der Waals surface area (Å²) < 4.78 is 4.68. The Hall–Kier alpha value is -1.57. The maximum atomic E-state index is 11.4. The number of ether oxygens (including phenoxy) is 1. The first kappa shape index (κ1) is 17.5. The molecule has 0 radical (unpaired) electrons. The summed E-state index contributed by atoms with van der Waals surface area (Å²) in [6.07, 6.45) is 10.4. The van der Waals surface area contributed by atoms with E-state index in [1.165, 1.54) is 57.6 Å². The van der Waals surface area contributed by atoms with Gasteiger partial charge in [-0.2, -0.15) is 0 Å². The van der Waals surface area contributed by atoms with Crippen LogP contribution in [-0.4, -0.2) is 13.1 Å². The van der Waals surface area contributed by atoms with Crippen LogP contribution in [-0.2, 0) is 16.0 Å². The van der Waals surface area contributed by atoms with Gasteiger partial charge in [-0.3, -0.25) is 0 Å². The topological polar surface area (TPSA) is 26.3 Å². The van der Waals surface area contributed by atoms with Crippen LogP contribution in [0.3, 0.4) is 0 Å². The fourth-order valence-electron chi connectivity index (χ4n) is 2.40. The van der Waals surface area contributed by atoms with Crippen molar-refractivity contribution in [3.05, 3.63) is 42.0 Å². The van der Waals surface area contributed by atoms with Gasteiger partial charge in [-0.15, -0.1) is 0 Å². The minimum absolute atomic E-state index is 0.366. The Labute approximate surface area is 129 Å². The zero-order valence-electron chi connectivity index (χ0n) is 13.5. The molecule has 1 rings (SSSR count). The Morgan fingerprint density at radius 2 is 1.57 bits per heavy atom. The fraction of sp³-hybridized carbons (Fsp3) is 0.526. The van der Waals surface area contributed by atoms with Gasteiger partial charge in [0.15, 0.2) is 0 Å². The summed E-state index contributed by atoms with van der Waals surface area (Å²) in [6, 6.07) is 8.08. The van der Waals surface area contributed by atoms with Crippen molar-refractivity contribution < 1.29 is 9.53 Å². The fourth-order valence-corrected chi connectivity index (χ4v) is 2.40. The van der Waals surface area contributed by atoms with Gasteiger partial charge >= 0.3 is 5.97 Å². The lowest BCUT2D eigenvalue weighted by molar-refractivity contribution is -0.133. The first-order chi connectivity index (χ1) is 10.2. The Balaban J connectivity index is 2.28. The van der Waals surface area contributed by atoms with Gasteiger partial charge in [0.05, 0.1) is 12.7 Å². The molecule has 116 valence electrons. The monoisotopic (exact) mass is 288 g/mol. The molecule has 0 fully saturated rings. The number of esters is 1. The molecule has 0 saturated carbocycles. The van der Waals surface area contributed by atoms with Crippen LogP contribution < -0.4 is 0 Å². The molecule has 1 aromatic carbocycles. The number of rotatable bonds is 10. The summed E-state index contributed by atoms with van der Waals surface area (Å²) in [5.74, 6) is -0.366. The first-order valence-electron chi connectivity index (χ1n) is 8.05. The number of hydrogen-bond donors (Lipinski definition) is 0. The van der Waals surface area contributed by atoms with E-state index in [1.54, 1.807) is 0 Å². The molecule has 0 unspecified atom stereocenters. The highest BCUT2D eigenvalue weighted by Crippen LogP contribution is 2.16. The lowest BCUT2D eigenvalue weighted by Crippen LogP contribution is -2.02. The van der Waals surface area contributed by atoms with Crippen molar-refractivity contribution in [2.24, 2.45) is 0 Å². The molecule has 0 aromatic heterocycles. The average molecular weight is 288 g/mol. The van der Waals surface area contributed by atoms with Crippen LogP contribution in [0, 0.1) is 0 Å². The summed E-state index contributed by atoms with van der Waals surface area (Å²) in [5.41, 5.74) is 2.58. The molecule has 0 aliphatic rings. The number of aryl methyl sites for hydroxylation is 1. The van der Waals surface area contributed by atoms with Crippen molar-refractivity contribution >= 4 is 11.5 Å². The maximum absolute atomic E-state index is 11.4. The predicted octanol–water partition coefficient (Wildman–Crippen LogP) is 5.17. The second kappa shape index (κ2) is 10.2. The molecular weight excluding hydrogens is 260 g/mol. The third kappa shape index (κ3) is 6.61. The normalized spacial score (nSPS) is 10.4. The number of carbonyl (C=O) groups excluding carboxylic acids is 1. The third-order valence-electron chi connectivity index (χ3n) is 3.80. The molecule has 2 heteroatoms. The Bertz CT molecular complexity index is 431. The summed E-state index contributed by atoms with van der Waals surface area (Å²) in [7, 11) is 1.38. The van der Waals surface area contributed by atoms with Gasteiger partial charge in [0.25, 0.3) is 0 Å². The maximum Gasteiger partial charge on any atom is 0.337 e. The minimum atomic E-state index is -0.366. The van der Waals surface area contributed by atoms with Gasteiger partial charge in [-0.05, 0) is 24.0 Å². The number of hydrogen-bond acceptors (Lipinski definition) is 2. The first-order valence-corrected chi connectivity index (χ1v) is 8.05. The Morgan fingerprint density at radius 1 is 1.00 bits per heavy atom.